The van der Waals surface area contributed by atoms with Gasteiger partial charge in [-0.05, 0) is 43.7 Å². The van der Waals surface area contributed by atoms with E-state index in [0.717, 1.165) is 25.3 Å². The van der Waals surface area contributed by atoms with Crippen LogP contribution in [0.4, 0.5) is 8.78 Å². The molecule has 20 heavy (non-hydrogen) atoms. The van der Waals surface area contributed by atoms with Gasteiger partial charge in [0.1, 0.15) is 0 Å². The SMILES string of the molecule is CCNC(c1ccc(C)c(F)c1F)C1CCC(CC)C1. The fraction of sp³-hybridized carbons (Fsp3) is 0.647. The molecule has 1 saturated carbocycles. The maximum Gasteiger partial charge on any atom is 0.163 e. The van der Waals surface area contributed by atoms with E-state index in [1.165, 1.54) is 12.8 Å². The van der Waals surface area contributed by atoms with Crippen molar-refractivity contribution in [3.8, 4) is 0 Å². The van der Waals surface area contributed by atoms with Crippen LogP contribution < -0.4 is 5.32 Å². The zero-order valence-corrected chi connectivity index (χ0v) is 12.7. The van der Waals surface area contributed by atoms with Crippen LogP contribution in [0.1, 0.15) is 56.7 Å². The molecule has 0 aliphatic heterocycles. The molecule has 1 fully saturated rings. The van der Waals surface area contributed by atoms with Crippen LogP contribution in [-0.2, 0) is 0 Å². The molecule has 1 aromatic carbocycles. The fourth-order valence-corrected chi connectivity index (χ4v) is 3.44. The molecule has 1 aliphatic carbocycles. The molecule has 3 unspecified atom stereocenters. The average Bonchev–Trinajstić information content (AvgIpc) is 2.92. The maximum atomic E-state index is 14.3. The number of hydrogen-bond donors (Lipinski definition) is 1. The number of nitrogens with one attached hydrogen (secondary N) is 1. The molecule has 0 spiro atoms. The number of hydrogen-bond acceptors (Lipinski definition) is 1. The number of halogens is 2. The second-order valence-electron chi connectivity index (χ2n) is 5.98. The van der Waals surface area contributed by atoms with Crippen LogP contribution >= 0.6 is 0 Å². The van der Waals surface area contributed by atoms with E-state index in [1.54, 1.807) is 19.1 Å². The molecule has 112 valence electrons. The van der Waals surface area contributed by atoms with Gasteiger partial charge in [0, 0.05) is 11.6 Å². The Kier molecular flexibility index (Phi) is 5.14. The summed E-state index contributed by atoms with van der Waals surface area (Å²) >= 11 is 0. The molecule has 0 bridgehead atoms. The Morgan fingerprint density at radius 1 is 1.20 bits per heavy atom. The minimum atomic E-state index is -0.699. The zero-order chi connectivity index (χ0) is 14.7. The predicted octanol–water partition coefficient (Wildman–Crippen LogP) is 4.75. The Morgan fingerprint density at radius 2 is 1.95 bits per heavy atom. The van der Waals surface area contributed by atoms with Gasteiger partial charge in [-0.2, -0.15) is 0 Å². The van der Waals surface area contributed by atoms with Crippen molar-refractivity contribution in [3.05, 3.63) is 34.9 Å². The van der Waals surface area contributed by atoms with Crippen molar-refractivity contribution >= 4 is 0 Å². The van der Waals surface area contributed by atoms with E-state index >= 15 is 0 Å². The Morgan fingerprint density at radius 3 is 2.55 bits per heavy atom. The zero-order valence-electron chi connectivity index (χ0n) is 12.7. The lowest BCUT2D eigenvalue weighted by Gasteiger charge is -2.26. The predicted molar refractivity (Wildman–Crippen MR) is 78.6 cm³/mol. The van der Waals surface area contributed by atoms with E-state index in [2.05, 4.69) is 12.2 Å². The van der Waals surface area contributed by atoms with Crippen LogP contribution in [0.25, 0.3) is 0 Å². The summed E-state index contributed by atoms with van der Waals surface area (Å²) in [6.07, 6.45) is 4.60. The summed E-state index contributed by atoms with van der Waals surface area (Å²) in [6, 6.07) is 3.37. The summed E-state index contributed by atoms with van der Waals surface area (Å²) in [5.74, 6) is -0.220. The summed E-state index contributed by atoms with van der Waals surface area (Å²) < 4.78 is 28.1. The Bertz CT molecular complexity index is 459. The third-order valence-electron chi connectivity index (χ3n) is 4.69. The number of aryl methyl sites for hydroxylation is 1. The van der Waals surface area contributed by atoms with Crippen LogP contribution in [0.2, 0.25) is 0 Å². The summed E-state index contributed by atoms with van der Waals surface area (Å²) in [6.45, 7) is 6.60. The van der Waals surface area contributed by atoms with E-state index in [4.69, 9.17) is 0 Å². The third-order valence-corrected chi connectivity index (χ3v) is 4.69. The van der Waals surface area contributed by atoms with Gasteiger partial charge in [-0.25, -0.2) is 8.78 Å². The molecule has 2 rings (SSSR count). The maximum absolute atomic E-state index is 14.3. The lowest BCUT2D eigenvalue weighted by Crippen LogP contribution is -2.28. The molecule has 3 atom stereocenters. The minimum absolute atomic E-state index is 0.0633. The van der Waals surface area contributed by atoms with Crippen molar-refractivity contribution in [1.82, 2.24) is 5.32 Å². The largest absolute Gasteiger partial charge is 0.310 e. The molecule has 0 heterocycles. The standard InChI is InChI=1S/C17H25F2N/c1-4-12-7-8-13(10-12)17(20-5-2)14-9-6-11(3)15(18)16(14)19/h6,9,12-13,17,20H,4-5,7-8,10H2,1-3H3. The first-order valence-electron chi connectivity index (χ1n) is 7.76. The van der Waals surface area contributed by atoms with Crippen molar-refractivity contribution < 1.29 is 8.78 Å². The van der Waals surface area contributed by atoms with E-state index in [1.807, 2.05) is 6.92 Å². The van der Waals surface area contributed by atoms with Crippen molar-refractivity contribution in [3.63, 3.8) is 0 Å². The van der Waals surface area contributed by atoms with Crippen molar-refractivity contribution in [2.45, 2.75) is 52.5 Å². The lowest BCUT2D eigenvalue weighted by molar-refractivity contribution is 0.344. The van der Waals surface area contributed by atoms with Gasteiger partial charge in [0.05, 0.1) is 0 Å². The van der Waals surface area contributed by atoms with Crippen molar-refractivity contribution in [2.75, 3.05) is 6.54 Å². The quantitative estimate of drug-likeness (QED) is 0.821. The Balaban J connectivity index is 2.27. The van der Waals surface area contributed by atoms with Gasteiger partial charge in [-0.3, -0.25) is 0 Å². The Labute approximate surface area is 120 Å². The lowest BCUT2D eigenvalue weighted by atomic mass is 9.89. The van der Waals surface area contributed by atoms with Gasteiger partial charge in [0.2, 0.25) is 0 Å². The van der Waals surface area contributed by atoms with Crippen molar-refractivity contribution in [2.24, 2.45) is 11.8 Å². The second kappa shape index (κ2) is 6.66. The molecule has 1 aromatic rings. The van der Waals surface area contributed by atoms with Gasteiger partial charge in [0.15, 0.2) is 11.6 Å². The highest BCUT2D eigenvalue weighted by atomic mass is 19.2. The summed E-state index contributed by atoms with van der Waals surface area (Å²) in [4.78, 5) is 0. The number of benzene rings is 1. The van der Waals surface area contributed by atoms with E-state index < -0.39 is 11.6 Å². The summed E-state index contributed by atoms with van der Waals surface area (Å²) in [5.41, 5.74) is 0.871. The normalized spacial score (nSPS) is 24.1. The van der Waals surface area contributed by atoms with Crippen LogP contribution in [0, 0.1) is 30.4 Å². The van der Waals surface area contributed by atoms with Crippen LogP contribution in [0.5, 0.6) is 0 Å². The van der Waals surface area contributed by atoms with E-state index in [0.29, 0.717) is 17.0 Å². The van der Waals surface area contributed by atoms with Gasteiger partial charge < -0.3 is 5.32 Å². The topological polar surface area (TPSA) is 12.0 Å². The van der Waals surface area contributed by atoms with E-state index in [9.17, 15) is 8.78 Å². The van der Waals surface area contributed by atoms with Gasteiger partial charge in [-0.1, -0.05) is 38.8 Å². The smallest absolute Gasteiger partial charge is 0.163 e. The molecular formula is C17H25F2N. The first kappa shape index (κ1) is 15.4. The Hall–Kier alpha value is -0.960. The molecule has 0 aromatic heterocycles. The summed E-state index contributed by atoms with van der Waals surface area (Å²) in [5, 5.41) is 3.37. The summed E-state index contributed by atoms with van der Waals surface area (Å²) in [7, 11) is 0. The van der Waals surface area contributed by atoms with E-state index in [-0.39, 0.29) is 6.04 Å². The van der Waals surface area contributed by atoms with Crippen LogP contribution in [0.3, 0.4) is 0 Å². The van der Waals surface area contributed by atoms with Gasteiger partial charge in [0.25, 0.3) is 0 Å². The first-order chi connectivity index (χ1) is 9.58. The highest BCUT2D eigenvalue weighted by Crippen LogP contribution is 2.41. The van der Waals surface area contributed by atoms with Gasteiger partial charge >= 0.3 is 0 Å². The molecule has 1 N–H and O–H groups in total. The molecule has 3 heteroatoms. The molecular weight excluding hydrogens is 256 g/mol. The van der Waals surface area contributed by atoms with Gasteiger partial charge in [-0.15, -0.1) is 0 Å². The molecule has 1 aliphatic rings. The fourth-order valence-electron chi connectivity index (χ4n) is 3.44. The van der Waals surface area contributed by atoms with Crippen molar-refractivity contribution in [1.29, 1.82) is 0 Å². The monoisotopic (exact) mass is 281 g/mol. The molecule has 0 amide bonds. The molecule has 0 radical (unpaired) electrons. The second-order valence-corrected chi connectivity index (χ2v) is 5.98. The van der Waals surface area contributed by atoms with Crippen LogP contribution in [0.15, 0.2) is 12.1 Å². The third kappa shape index (κ3) is 3.03. The first-order valence-corrected chi connectivity index (χ1v) is 7.76. The number of rotatable bonds is 5. The minimum Gasteiger partial charge on any atom is -0.310 e. The highest BCUT2D eigenvalue weighted by Gasteiger charge is 2.32. The average molecular weight is 281 g/mol. The highest BCUT2D eigenvalue weighted by molar-refractivity contribution is 5.28. The molecule has 0 saturated heterocycles. The molecule has 1 nitrogen and oxygen atoms in total. The van der Waals surface area contributed by atoms with Crippen LogP contribution in [-0.4, -0.2) is 6.54 Å².